The summed E-state index contributed by atoms with van der Waals surface area (Å²) in [7, 11) is 1.80. The standard InChI is InChI=1S/C30H40ClN3O4/c1-36-30(22-13-20-12-21(15-22)16-23(30)14-20)38-37-25-5-2-19(3-6-25)17-29(35)34-11-10-33-27-8-9-32-28-18-24(31)4-7-26(27)28/h4,7-9,18-23,25H,2-3,5-6,10-17H2,1H3,(H,32,33)(H,34,35)/t19-,20?,21?,22?,23?,25+,30?. The van der Waals surface area contributed by atoms with Crippen LogP contribution in [-0.4, -0.2) is 43.0 Å². The Morgan fingerprint density at radius 2 is 1.76 bits per heavy atom. The number of fused-ring (bicyclic) bond motifs is 1. The lowest BCUT2D eigenvalue weighted by Gasteiger charge is -2.58. The Balaban J connectivity index is 0.902. The fourth-order valence-electron chi connectivity index (χ4n) is 7.93. The number of hydrogen-bond donors (Lipinski definition) is 2. The van der Waals surface area contributed by atoms with Gasteiger partial charge in [-0.15, -0.1) is 0 Å². The van der Waals surface area contributed by atoms with E-state index in [4.69, 9.17) is 26.1 Å². The molecule has 1 amide bonds. The number of benzene rings is 1. The van der Waals surface area contributed by atoms with Crippen LogP contribution in [0.25, 0.3) is 10.9 Å². The molecule has 0 radical (unpaired) electrons. The highest BCUT2D eigenvalue weighted by Gasteiger charge is 2.60. The fourth-order valence-corrected chi connectivity index (χ4v) is 8.10. The average molecular weight is 542 g/mol. The third kappa shape index (κ3) is 5.40. The molecule has 8 heteroatoms. The van der Waals surface area contributed by atoms with Crippen molar-refractivity contribution in [3.05, 3.63) is 35.5 Å². The zero-order valence-corrected chi connectivity index (χ0v) is 23.1. The van der Waals surface area contributed by atoms with Crippen molar-refractivity contribution in [1.29, 1.82) is 0 Å². The molecule has 7 nitrogen and oxygen atoms in total. The van der Waals surface area contributed by atoms with Crippen LogP contribution in [-0.2, 0) is 19.3 Å². The summed E-state index contributed by atoms with van der Waals surface area (Å²) in [6.45, 7) is 1.22. The zero-order chi connectivity index (χ0) is 26.1. The topological polar surface area (TPSA) is 81.7 Å². The van der Waals surface area contributed by atoms with Crippen LogP contribution in [0.5, 0.6) is 0 Å². The van der Waals surface area contributed by atoms with Gasteiger partial charge in [0, 0.05) is 60.7 Å². The minimum absolute atomic E-state index is 0.0905. The quantitative estimate of drug-likeness (QED) is 0.163. The number of methoxy groups -OCH3 is 1. The Kier molecular flexibility index (Phi) is 7.81. The van der Waals surface area contributed by atoms with E-state index in [9.17, 15) is 4.79 Å². The van der Waals surface area contributed by atoms with E-state index in [2.05, 4.69) is 15.6 Å². The van der Waals surface area contributed by atoms with E-state index in [0.717, 1.165) is 54.1 Å². The summed E-state index contributed by atoms with van der Waals surface area (Å²) >= 11 is 6.08. The van der Waals surface area contributed by atoms with Gasteiger partial charge in [-0.2, -0.15) is 0 Å². The molecule has 1 aromatic carbocycles. The second kappa shape index (κ2) is 11.3. The summed E-state index contributed by atoms with van der Waals surface area (Å²) in [5, 5.41) is 8.16. The molecule has 38 heavy (non-hydrogen) atoms. The van der Waals surface area contributed by atoms with E-state index >= 15 is 0 Å². The van der Waals surface area contributed by atoms with E-state index in [1.807, 2.05) is 24.3 Å². The van der Waals surface area contributed by atoms with Gasteiger partial charge >= 0.3 is 0 Å². The predicted octanol–water partition coefficient (Wildman–Crippen LogP) is 6.11. The Bertz CT molecular complexity index is 1110. The van der Waals surface area contributed by atoms with Gasteiger partial charge in [0.15, 0.2) is 0 Å². The molecule has 1 heterocycles. The molecule has 2 aromatic rings. The van der Waals surface area contributed by atoms with Crippen molar-refractivity contribution >= 4 is 34.1 Å². The highest BCUT2D eigenvalue weighted by molar-refractivity contribution is 6.31. The number of anilines is 1. The fraction of sp³-hybridized carbons (Fsp3) is 0.667. The van der Waals surface area contributed by atoms with E-state index in [1.54, 1.807) is 13.3 Å². The maximum atomic E-state index is 12.6. The number of carbonyl (C=O) groups is 1. The molecule has 1 aromatic heterocycles. The number of nitrogens with one attached hydrogen (secondary N) is 2. The molecule has 0 saturated heterocycles. The first-order chi connectivity index (χ1) is 18.5. The minimum atomic E-state index is -0.548. The number of pyridine rings is 1. The van der Waals surface area contributed by atoms with Crippen LogP contribution in [0.15, 0.2) is 30.5 Å². The van der Waals surface area contributed by atoms with E-state index in [0.29, 0.717) is 42.3 Å². The van der Waals surface area contributed by atoms with Crippen molar-refractivity contribution in [2.45, 2.75) is 76.1 Å². The van der Waals surface area contributed by atoms with Crippen molar-refractivity contribution in [2.24, 2.45) is 29.6 Å². The second-order valence-electron chi connectivity index (χ2n) is 12.1. The molecule has 0 unspecified atom stereocenters. The predicted molar refractivity (Wildman–Crippen MR) is 148 cm³/mol. The lowest BCUT2D eigenvalue weighted by molar-refractivity contribution is -0.485. The normalized spacial score (nSPS) is 33.9. The molecule has 0 atom stereocenters. The van der Waals surface area contributed by atoms with Gasteiger partial charge in [0.05, 0.1) is 11.6 Å². The van der Waals surface area contributed by atoms with Crippen LogP contribution in [0.4, 0.5) is 5.69 Å². The van der Waals surface area contributed by atoms with Crippen LogP contribution in [0.2, 0.25) is 5.02 Å². The first-order valence-electron chi connectivity index (χ1n) is 14.5. The monoisotopic (exact) mass is 541 g/mol. The highest BCUT2D eigenvalue weighted by atomic mass is 35.5. The van der Waals surface area contributed by atoms with Crippen molar-refractivity contribution in [2.75, 3.05) is 25.5 Å². The Morgan fingerprint density at radius 3 is 2.47 bits per heavy atom. The first-order valence-corrected chi connectivity index (χ1v) is 14.8. The van der Waals surface area contributed by atoms with Crippen LogP contribution in [0.3, 0.4) is 0 Å². The number of ether oxygens (including phenoxy) is 1. The molecule has 206 valence electrons. The van der Waals surface area contributed by atoms with Crippen LogP contribution < -0.4 is 10.6 Å². The van der Waals surface area contributed by atoms with Gasteiger partial charge in [-0.1, -0.05) is 11.6 Å². The Morgan fingerprint density at radius 1 is 1.03 bits per heavy atom. The largest absolute Gasteiger partial charge is 0.383 e. The van der Waals surface area contributed by atoms with Crippen molar-refractivity contribution in [1.82, 2.24) is 10.3 Å². The number of amides is 1. The lowest BCUT2D eigenvalue weighted by Crippen LogP contribution is -2.60. The van der Waals surface area contributed by atoms with E-state index in [1.165, 1.54) is 32.1 Å². The first kappa shape index (κ1) is 26.3. The summed E-state index contributed by atoms with van der Waals surface area (Å²) in [5.41, 5.74) is 1.84. The molecule has 0 spiro atoms. The molecule has 5 saturated carbocycles. The maximum absolute atomic E-state index is 12.6. The summed E-state index contributed by atoms with van der Waals surface area (Å²) in [5.74, 6) is 2.62. The Labute approximate surface area is 230 Å². The molecular weight excluding hydrogens is 502 g/mol. The zero-order valence-electron chi connectivity index (χ0n) is 22.3. The smallest absolute Gasteiger partial charge is 0.220 e. The second-order valence-corrected chi connectivity index (χ2v) is 12.5. The van der Waals surface area contributed by atoms with Crippen LogP contribution in [0.1, 0.15) is 64.2 Å². The number of carbonyl (C=O) groups excluding carboxylic acids is 1. The van der Waals surface area contributed by atoms with Gasteiger partial charge in [0.1, 0.15) is 0 Å². The summed E-state index contributed by atoms with van der Waals surface area (Å²) in [6.07, 6.45) is 12.5. The molecule has 4 bridgehead atoms. The van der Waals surface area contributed by atoms with E-state index < -0.39 is 5.79 Å². The number of halogens is 1. The summed E-state index contributed by atoms with van der Waals surface area (Å²) in [4.78, 5) is 29.2. The third-order valence-electron chi connectivity index (χ3n) is 9.64. The van der Waals surface area contributed by atoms with Gasteiger partial charge in [0.2, 0.25) is 11.7 Å². The number of nitrogens with zero attached hydrogens (tertiary/aromatic N) is 1. The molecule has 5 aliphatic carbocycles. The summed E-state index contributed by atoms with van der Waals surface area (Å²) in [6, 6.07) is 7.63. The molecule has 5 fully saturated rings. The minimum Gasteiger partial charge on any atom is -0.383 e. The van der Waals surface area contributed by atoms with Gasteiger partial charge < -0.3 is 15.4 Å². The number of rotatable bonds is 10. The van der Waals surface area contributed by atoms with Crippen LogP contribution >= 0.6 is 11.6 Å². The number of hydrogen-bond acceptors (Lipinski definition) is 6. The summed E-state index contributed by atoms with van der Waals surface area (Å²) < 4.78 is 6.07. The molecule has 0 aliphatic heterocycles. The van der Waals surface area contributed by atoms with Gasteiger partial charge in [-0.3, -0.25) is 9.78 Å². The SMILES string of the molecule is COC1(OO[C@H]2CC[C@@H](CC(=O)NCCNc3ccnc4cc(Cl)ccc34)CC2)C2CC3CC(C2)CC1C3. The Hall–Kier alpha value is -1.93. The molecule has 7 rings (SSSR count). The van der Waals surface area contributed by atoms with Crippen LogP contribution in [0, 0.1) is 29.6 Å². The van der Waals surface area contributed by atoms with E-state index in [-0.39, 0.29) is 12.0 Å². The van der Waals surface area contributed by atoms with Gasteiger partial charge in [0.25, 0.3) is 0 Å². The molecule has 2 N–H and O–H groups in total. The van der Waals surface area contributed by atoms with Gasteiger partial charge in [-0.25, -0.2) is 9.78 Å². The molecule has 5 aliphatic rings. The lowest BCUT2D eigenvalue weighted by atomic mass is 9.53. The third-order valence-corrected chi connectivity index (χ3v) is 9.88. The van der Waals surface area contributed by atoms with Crippen molar-refractivity contribution in [3.63, 3.8) is 0 Å². The highest BCUT2D eigenvalue weighted by Crippen LogP contribution is 2.60. The average Bonchev–Trinajstić information content (AvgIpc) is 2.91. The molecular formula is C30H40ClN3O4. The van der Waals surface area contributed by atoms with Gasteiger partial charge in [-0.05, 0) is 99.8 Å². The van der Waals surface area contributed by atoms with Crippen molar-refractivity contribution in [3.8, 4) is 0 Å². The van der Waals surface area contributed by atoms with Crippen molar-refractivity contribution < 1.29 is 19.3 Å². The maximum Gasteiger partial charge on any atom is 0.220 e. The number of aromatic nitrogens is 1.